The summed E-state index contributed by atoms with van der Waals surface area (Å²) in [4.78, 5) is 38.6. The molecule has 1 fully saturated rings. The predicted molar refractivity (Wildman–Crippen MR) is 92.3 cm³/mol. The Morgan fingerprint density at radius 1 is 1.40 bits per heavy atom. The number of pyridine rings is 1. The van der Waals surface area contributed by atoms with Crippen LogP contribution in [-0.4, -0.2) is 38.8 Å². The van der Waals surface area contributed by atoms with Crippen LogP contribution in [0, 0.1) is 6.92 Å². The normalized spacial score (nSPS) is 19.7. The maximum atomic E-state index is 12.8. The van der Waals surface area contributed by atoms with Crippen molar-refractivity contribution in [2.45, 2.75) is 38.8 Å². The maximum Gasteiger partial charge on any atom is 0.254 e. The molecular weight excluding hydrogens is 318 g/mol. The average Bonchev–Trinajstić information content (AvgIpc) is 3.16. The third kappa shape index (κ3) is 2.95. The molecule has 0 bridgehead atoms. The van der Waals surface area contributed by atoms with Gasteiger partial charge in [0.1, 0.15) is 5.82 Å². The molecule has 0 saturated carbocycles. The number of aromatic amines is 1. The Hall–Kier alpha value is -2.54. The Morgan fingerprint density at radius 3 is 3.04 bits per heavy atom. The van der Waals surface area contributed by atoms with Crippen molar-refractivity contribution in [3.63, 3.8) is 0 Å². The Kier molecular flexibility index (Phi) is 4.09. The minimum absolute atomic E-state index is 0.0341. The molecule has 4 rings (SSSR count). The zero-order valence-corrected chi connectivity index (χ0v) is 14.2. The Labute approximate surface area is 145 Å². The summed E-state index contributed by atoms with van der Waals surface area (Å²) in [5.41, 5.74) is 2.87. The van der Waals surface area contributed by atoms with Crippen molar-refractivity contribution in [2.75, 3.05) is 13.1 Å². The van der Waals surface area contributed by atoms with Gasteiger partial charge in [0.15, 0.2) is 0 Å². The minimum Gasteiger partial charge on any atom is -0.332 e. The van der Waals surface area contributed by atoms with Crippen molar-refractivity contribution >= 4 is 5.91 Å². The van der Waals surface area contributed by atoms with Crippen LogP contribution in [0.1, 0.15) is 51.9 Å². The number of amides is 1. The van der Waals surface area contributed by atoms with Crippen LogP contribution in [0.5, 0.6) is 0 Å². The highest BCUT2D eigenvalue weighted by molar-refractivity contribution is 5.95. The summed E-state index contributed by atoms with van der Waals surface area (Å²) in [6, 6.07) is 1.85. The SMILES string of the molecule is Cc1cnccc1C(=O)N1CCc2c(nc([C@@H]3CCCN3)[nH]c2=O)C1. The molecule has 2 aliphatic heterocycles. The predicted octanol–water partition coefficient (Wildman–Crippen LogP) is 1.10. The Morgan fingerprint density at radius 2 is 2.28 bits per heavy atom. The number of rotatable bonds is 2. The third-order valence-corrected chi connectivity index (χ3v) is 5.02. The van der Waals surface area contributed by atoms with Gasteiger partial charge in [-0.3, -0.25) is 14.6 Å². The number of carbonyl (C=O) groups excluding carboxylic acids is 1. The fourth-order valence-electron chi connectivity index (χ4n) is 3.60. The van der Waals surface area contributed by atoms with E-state index in [2.05, 4.69) is 20.3 Å². The Balaban J connectivity index is 1.63. The van der Waals surface area contributed by atoms with Gasteiger partial charge in [0, 0.05) is 30.1 Å². The second-order valence-electron chi connectivity index (χ2n) is 6.69. The standard InChI is InChI=1S/C18H21N5O2/c1-11-9-19-7-4-12(11)18(25)23-8-5-13-15(10-23)21-16(22-17(13)24)14-3-2-6-20-14/h4,7,9,14,20H,2-3,5-6,8,10H2,1H3,(H,21,22,24)/t14-/m0/s1. The van der Waals surface area contributed by atoms with E-state index >= 15 is 0 Å². The summed E-state index contributed by atoms with van der Waals surface area (Å²) >= 11 is 0. The molecule has 2 aromatic rings. The second-order valence-corrected chi connectivity index (χ2v) is 6.69. The monoisotopic (exact) mass is 339 g/mol. The van der Waals surface area contributed by atoms with Gasteiger partial charge in [-0.1, -0.05) is 0 Å². The first-order valence-electron chi connectivity index (χ1n) is 8.68. The van der Waals surface area contributed by atoms with Gasteiger partial charge in [0.2, 0.25) is 0 Å². The number of carbonyl (C=O) groups is 1. The van der Waals surface area contributed by atoms with Crippen LogP contribution in [0.4, 0.5) is 0 Å². The van der Waals surface area contributed by atoms with Crippen molar-refractivity contribution in [1.29, 1.82) is 0 Å². The van der Waals surface area contributed by atoms with Gasteiger partial charge in [-0.15, -0.1) is 0 Å². The molecule has 2 N–H and O–H groups in total. The lowest BCUT2D eigenvalue weighted by Gasteiger charge is -2.28. The van der Waals surface area contributed by atoms with Crippen LogP contribution in [0.2, 0.25) is 0 Å². The van der Waals surface area contributed by atoms with Crippen molar-refractivity contribution in [1.82, 2.24) is 25.2 Å². The molecule has 7 heteroatoms. The largest absolute Gasteiger partial charge is 0.332 e. The highest BCUT2D eigenvalue weighted by Crippen LogP contribution is 2.22. The van der Waals surface area contributed by atoms with Crippen molar-refractivity contribution in [2.24, 2.45) is 0 Å². The molecule has 0 aliphatic carbocycles. The first-order chi connectivity index (χ1) is 12.1. The lowest BCUT2D eigenvalue weighted by molar-refractivity contribution is 0.0730. The van der Waals surface area contributed by atoms with E-state index in [0.717, 1.165) is 30.6 Å². The van der Waals surface area contributed by atoms with E-state index in [1.807, 2.05) is 6.92 Å². The highest BCUT2D eigenvalue weighted by Gasteiger charge is 2.27. The summed E-state index contributed by atoms with van der Waals surface area (Å²) in [5, 5.41) is 3.35. The topological polar surface area (TPSA) is 91.0 Å². The summed E-state index contributed by atoms with van der Waals surface area (Å²) in [6.45, 7) is 3.72. The van der Waals surface area contributed by atoms with Crippen LogP contribution >= 0.6 is 0 Å². The number of H-pyrrole nitrogens is 1. The first-order valence-corrected chi connectivity index (χ1v) is 8.68. The van der Waals surface area contributed by atoms with E-state index < -0.39 is 0 Å². The van der Waals surface area contributed by atoms with E-state index in [4.69, 9.17) is 0 Å². The van der Waals surface area contributed by atoms with Gasteiger partial charge in [-0.05, 0) is 44.4 Å². The molecule has 4 heterocycles. The molecule has 1 atom stereocenters. The van der Waals surface area contributed by atoms with Crippen LogP contribution in [0.3, 0.4) is 0 Å². The number of hydrogen-bond acceptors (Lipinski definition) is 5. The van der Waals surface area contributed by atoms with E-state index in [1.54, 1.807) is 23.4 Å². The fourth-order valence-corrected chi connectivity index (χ4v) is 3.60. The molecular formula is C18H21N5O2. The smallest absolute Gasteiger partial charge is 0.254 e. The van der Waals surface area contributed by atoms with Crippen molar-refractivity contribution < 1.29 is 4.79 Å². The molecule has 1 saturated heterocycles. The second kappa shape index (κ2) is 6.40. The van der Waals surface area contributed by atoms with Gasteiger partial charge < -0.3 is 15.2 Å². The molecule has 2 aliphatic rings. The number of hydrogen-bond donors (Lipinski definition) is 2. The Bertz CT molecular complexity index is 870. The molecule has 0 radical (unpaired) electrons. The maximum absolute atomic E-state index is 12.8. The first kappa shape index (κ1) is 16.0. The fraction of sp³-hybridized carbons (Fsp3) is 0.444. The van der Waals surface area contributed by atoms with Gasteiger partial charge in [0.05, 0.1) is 18.3 Å². The molecule has 1 amide bonds. The van der Waals surface area contributed by atoms with Gasteiger partial charge in [-0.25, -0.2) is 4.98 Å². The lowest BCUT2D eigenvalue weighted by Crippen LogP contribution is -2.40. The summed E-state index contributed by atoms with van der Waals surface area (Å²) in [5.74, 6) is 0.656. The summed E-state index contributed by atoms with van der Waals surface area (Å²) < 4.78 is 0. The third-order valence-electron chi connectivity index (χ3n) is 5.02. The van der Waals surface area contributed by atoms with E-state index in [9.17, 15) is 9.59 Å². The number of aryl methyl sites for hydroxylation is 1. The van der Waals surface area contributed by atoms with Crippen LogP contribution in [0.25, 0.3) is 0 Å². The van der Waals surface area contributed by atoms with Crippen LogP contribution < -0.4 is 10.9 Å². The quantitative estimate of drug-likeness (QED) is 0.855. The van der Waals surface area contributed by atoms with E-state index in [1.165, 1.54) is 0 Å². The number of aromatic nitrogens is 3. The van der Waals surface area contributed by atoms with E-state index in [0.29, 0.717) is 36.5 Å². The minimum atomic E-state index is -0.0686. The van der Waals surface area contributed by atoms with E-state index in [-0.39, 0.29) is 17.5 Å². The summed E-state index contributed by atoms with van der Waals surface area (Å²) in [7, 11) is 0. The molecule has 2 aromatic heterocycles. The highest BCUT2D eigenvalue weighted by atomic mass is 16.2. The number of fused-ring (bicyclic) bond motifs is 1. The molecule has 25 heavy (non-hydrogen) atoms. The average molecular weight is 339 g/mol. The lowest BCUT2D eigenvalue weighted by atomic mass is 10.0. The zero-order chi connectivity index (χ0) is 17.4. The number of nitrogens with one attached hydrogen (secondary N) is 2. The molecule has 0 aromatic carbocycles. The molecule has 0 unspecified atom stereocenters. The van der Waals surface area contributed by atoms with Gasteiger partial charge in [0.25, 0.3) is 11.5 Å². The van der Waals surface area contributed by atoms with Crippen LogP contribution in [0.15, 0.2) is 23.3 Å². The summed E-state index contributed by atoms with van der Waals surface area (Å²) in [6.07, 6.45) is 5.91. The van der Waals surface area contributed by atoms with Crippen molar-refractivity contribution in [3.05, 3.63) is 57.0 Å². The van der Waals surface area contributed by atoms with Crippen LogP contribution in [-0.2, 0) is 13.0 Å². The zero-order valence-electron chi connectivity index (χ0n) is 14.2. The molecule has 0 spiro atoms. The van der Waals surface area contributed by atoms with Crippen molar-refractivity contribution in [3.8, 4) is 0 Å². The number of nitrogens with zero attached hydrogens (tertiary/aromatic N) is 3. The van der Waals surface area contributed by atoms with Gasteiger partial charge in [-0.2, -0.15) is 0 Å². The van der Waals surface area contributed by atoms with Gasteiger partial charge >= 0.3 is 0 Å². The molecule has 130 valence electrons. The molecule has 7 nitrogen and oxygen atoms in total.